The fourth-order valence-electron chi connectivity index (χ4n) is 4.64. The molecule has 39 heavy (non-hydrogen) atoms. The predicted molar refractivity (Wildman–Crippen MR) is 156 cm³/mol. The highest BCUT2D eigenvalue weighted by Crippen LogP contribution is 2.39. The van der Waals surface area contributed by atoms with E-state index in [0.717, 1.165) is 47.8 Å². The molecule has 0 spiro atoms. The minimum absolute atomic E-state index is 0.281. The van der Waals surface area contributed by atoms with Crippen LogP contribution in [0.15, 0.2) is 60.9 Å². The van der Waals surface area contributed by atoms with E-state index < -0.39 is 15.3 Å². The molecule has 0 bridgehead atoms. The maximum absolute atomic E-state index is 12.8. The number of benzene rings is 2. The lowest BCUT2D eigenvalue weighted by atomic mass is 10.0. The fraction of sp³-hybridized carbons (Fsp3) is 0.345. The molecule has 0 aliphatic carbocycles. The van der Waals surface area contributed by atoms with E-state index in [0.29, 0.717) is 35.4 Å². The Labute approximate surface area is 229 Å². The molecule has 2 aromatic heterocycles. The summed E-state index contributed by atoms with van der Waals surface area (Å²) in [4.78, 5) is 13.7. The number of aryl methyl sites for hydroxylation is 1. The molecule has 1 aliphatic heterocycles. The Morgan fingerprint density at radius 1 is 1.08 bits per heavy atom. The second kappa shape index (κ2) is 11.5. The molecule has 4 aromatic rings. The quantitative estimate of drug-likeness (QED) is 0.252. The highest BCUT2D eigenvalue weighted by atomic mass is 32.2. The van der Waals surface area contributed by atoms with E-state index in [1.807, 2.05) is 56.3 Å². The number of hydrogen-bond donors (Lipinski definition) is 3. The second-order valence-corrected chi connectivity index (χ2v) is 12.0. The number of nitrogens with zero attached hydrogens (tertiary/aromatic N) is 3. The van der Waals surface area contributed by atoms with Gasteiger partial charge in [-0.25, -0.2) is 23.4 Å². The van der Waals surface area contributed by atoms with Crippen molar-refractivity contribution in [1.82, 2.24) is 20.3 Å². The molecular formula is C29H34N6O3S. The number of aromatic nitrogens is 3. The van der Waals surface area contributed by atoms with Crippen LogP contribution in [0.25, 0.3) is 22.0 Å². The summed E-state index contributed by atoms with van der Waals surface area (Å²) in [6.07, 6.45) is 6.12. The topological polar surface area (TPSA) is 118 Å². The highest BCUT2D eigenvalue weighted by molar-refractivity contribution is 7.93. The van der Waals surface area contributed by atoms with Crippen LogP contribution in [0.4, 0.5) is 11.6 Å². The number of fused-ring (bicyclic) bond motifs is 1. The Morgan fingerprint density at radius 2 is 1.95 bits per heavy atom. The number of ether oxygens (including phenoxy) is 1. The van der Waals surface area contributed by atoms with Crippen LogP contribution in [0, 0.1) is 6.92 Å². The van der Waals surface area contributed by atoms with Gasteiger partial charge in [-0.2, -0.15) is 0 Å². The second-order valence-electron chi connectivity index (χ2n) is 9.89. The molecule has 2 unspecified atom stereocenters. The minimum atomic E-state index is -3.52. The SMILES string of the molecule is CCC(C)S(=O)(=O)Nc1cccc2c(Oc3ncccc3-c3ccnc(NC4CCCNC4)n3)c(C)ccc12. The molecular weight excluding hydrogens is 512 g/mol. The van der Waals surface area contributed by atoms with Gasteiger partial charge in [0.2, 0.25) is 21.9 Å². The van der Waals surface area contributed by atoms with Crippen LogP contribution in [-0.4, -0.2) is 47.8 Å². The average Bonchev–Trinajstić information content (AvgIpc) is 2.95. The summed E-state index contributed by atoms with van der Waals surface area (Å²) >= 11 is 0. The van der Waals surface area contributed by atoms with Crippen LogP contribution in [0.1, 0.15) is 38.7 Å². The summed E-state index contributed by atoms with van der Waals surface area (Å²) in [6, 6.07) is 15.2. The molecule has 2 aromatic carbocycles. The normalized spacial score (nSPS) is 16.5. The largest absolute Gasteiger partial charge is 0.437 e. The highest BCUT2D eigenvalue weighted by Gasteiger charge is 2.21. The third kappa shape index (κ3) is 5.97. The van der Waals surface area contributed by atoms with Gasteiger partial charge in [0.25, 0.3) is 0 Å². The third-order valence-electron chi connectivity index (χ3n) is 7.10. The number of rotatable bonds is 9. The number of nitrogens with one attached hydrogen (secondary N) is 3. The van der Waals surface area contributed by atoms with Crippen molar-refractivity contribution < 1.29 is 13.2 Å². The average molecular weight is 547 g/mol. The molecule has 0 amide bonds. The minimum Gasteiger partial charge on any atom is -0.437 e. The van der Waals surface area contributed by atoms with E-state index in [4.69, 9.17) is 9.72 Å². The molecule has 2 atom stereocenters. The third-order valence-corrected chi connectivity index (χ3v) is 8.99. The van der Waals surface area contributed by atoms with E-state index >= 15 is 0 Å². The first-order valence-electron chi connectivity index (χ1n) is 13.3. The zero-order valence-electron chi connectivity index (χ0n) is 22.4. The number of pyridine rings is 1. The van der Waals surface area contributed by atoms with Gasteiger partial charge in [0.05, 0.1) is 22.2 Å². The van der Waals surface area contributed by atoms with Gasteiger partial charge in [0, 0.05) is 35.8 Å². The lowest BCUT2D eigenvalue weighted by Crippen LogP contribution is -2.38. The molecule has 0 radical (unpaired) electrons. The van der Waals surface area contributed by atoms with Crippen molar-refractivity contribution in [2.75, 3.05) is 23.1 Å². The van der Waals surface area contributed by atoms with Crippen molar-refractivity contribution in [1.29, 1.82) is 0 Å². The summed E-state index contributed by atoms with van der Waals surface area (Å²) in [5.74, 6) is 1.58. The summed E-state index contributed by atoms with van der Waals surface area (Å²) in [6.45, 7) is 7.43. The van der Waals surface area contributed by atoms with E-state index in [9.17, 15) is 8.42 Å². The Hall–Kier alpha value is -3.76. The number of anilines is 2. The van der Waals surface area contributed by atoms with Crippen LogP contribution in [0.2, 0.25) is 0 Å². The molecule has 1 fully saturated rings. The van der Waals surface area contributed by atoms with Crippen molar-refractivity contribution in [3.63, 3.8) is 0 Å². The first-order valence-corrected chi connectivity index (χ1v) is 14.9. The monoisotopic (exact) mass is 546 g/mol. The van der Waals surface area contributed by atoms with Gasteiger partial charge in [-0.1, -0.05) is 31.2 Å². The van der Waals surface area contributed by atoms with Gasteiger partial charge >= 0.3 is 0 Å². The summed E-state index contributed by atoms with van der Waals surface area (Å²) in [5, 5.41) is 7.85. The molecule has 9 nitrogen and oxygen atoms in total. The Bertz CT molecular complexity index is 1570. The molecule has 5 rings (SSSR count). The van der Waals surface area contributed by atoms with Crippen LogP contribution < -0.4 is 20.1 Å². The Kier molecular flexibility index (Phi) is 7.94. The maximum atomic E-state index is 12.8. The standard InChI is InChI=1S/C29H34N6O3S/c1-4-20(3)39(36,37)35-26-11-5-9-23-22(26)13-12-19(2)27(23)38-28-24(10-7-16-31-28)25-14-17-32-29(34-25)33-21-8-6-15-30-18-21/h5,7,9-14,16-17,20-21,30,35H,4,6,8,15,18H2,1-3H3,(H,32,33,34). The molecule has 0 saturated carbocycles. The molecule has 1 aliphatic rings. The van der Waals surface area contributed by atoms with Crippen LogP contribution >= 0.6 is 0 Å². The molecule has 3 heterocycles. The van der Waals surface area contributed by atoms with Crippen LogP contribution in [0.3, 0.4) is 0 Å². The zero-order valence-corrected chi connectivity index (χ0v) is 23.3. The van der Waals surface area contributed by atoms with Crippen LogP contribution in [0.5, 0.6) is 11.6 Å². The van der Waals surface area contributed by atoms with Gasteiger partial charge in [-0.3, -0.25) is 4.72 Å². The molecule has 3 N–H and O–H groups in total. The van der Waals surface area contributed by atoms with Gasteiger partial charge in [-0.05, 0) is 69.5 Å². The van der Waals surface area contributed by atoms with Crippen LogP contribution in [-0.2, 0) is 10.0 Å². The first kappa shape index (κ1) is 26.8. The lowest BCUT2D eigenvalue weighted by molar-refractivity contribution is 0.466. The van der Waals surface area contributed by atoms with E-state index in [-0.39, 0.29) is 6.04 Å². The van der Waals surface area contributed by atoms with Gasteiger partial charge < -0.3 is 15.4 Å². The molecule has 10 heteroatoms. The lowest BCUT2D eigenvalue weighted by Gasteiger charge is -2.23. The predicted octanol–water partition coefficient (Wildman–Crippen LogP) is 5.50. The fourth-order valence-corrected chi connectivity index (χ4v) is 5.76. The van der Waals surface area contributed by atoms with Crippen molar-refractivity contribution in [2.45, 2.75) is 51.3 Å². The van der Waals surface area contributed by atoms with Crippen molar-refractivity contribution in [2.24, 2.45) is 0 Å². The number of sulfonamides is 1. The van der Waals surface area contributed by atoms with Crippen molar-refractivity contribution >= 4 is 32.4 Å². The summed E-state index contributed by atoms with van der Waals surface area (Å²) < 4.78 is 34.8. The van der Waals surface area contributed by atoms with E-state index in [1.54, 1.807) is 25.4 Å². The van der Waals surface area contributed by atoms with Gasteiger partial charge in [0.15, 0.2) is 0 Å². The number of piperidine rings is 1. The summed E-state index contributed by atoms with van der Waals surface area (Å²) in [5.41, 5.74) is 2.84. The molecule has 204 valence electrons. The van der Waals surface area contributed by atoms with Gasteiger partial charge in [0.1, 0.15) is 5.75 Å². The van der Waals surface area contributed by atoms with E-state index in [1.165, 1.54) is 0 Å². The Morgan fingerprint density at radius 3 is 2.74 bits per heavy atom. The first-order chi connectivity index (χ1) is 18.9. The van der Waals surface area contributed by atoms with Crippen molar-refractivity contribution in [3.05, 3.63) is 66.5 Å². The van der Waals surface area contributed by atoms with E-state index in [2.05, 4.69) is 25.3 Å². The molecule has 1 saturated heterocycles. The summed E-state index contributed by atoms with van der Waals surface area (Å²) in [7, 11) is -3.52. The van der Waals surface area contributed by atoms with Gasteiger partial charge in [-0.15, -0.1) is 0 Å². The smallest absolute Gasteiger partial charge is 0.235 e. The Balaban J connectivity index is 1.49. The zero-order chi connectivity index (χ0) is 27.4. The van der Waals surface area contributed by atoms with Crippen molar-refractivity contribution in [3.8, 4) is 22.9 Å². The maximum Gasteiger partial charge on any atom is 0.235 e. The number of hydrogen-bond acceptors (Lipinski definition) is 8.